The van der Waals surface area contributed by atoms with Crippen molar-refractivity contribution >= 4 is 12.0 Å². The van der Waals surface area contributed by atoms with Gasteiger partial charge in [-0.2, -0.15) is 0 Å². The van der Waals surface area contributed by atoms with Gasteiger partial charge in [-0.15, -0.1) is 0 Å². The first-order chi connectivity index (χ1) is 17.7. The molecule has 0 aliphatic carbocycles. The summed E-state index contributed by atoms with van der Waals surface area (Å²) in [5, 5.41) is 0. The van der Waals surface area contributed by atoms with E-state index in [1.165, 1.54) is 11.6 Å². The average molecular weight is 493 g/mol. The molecule has 5 heteroatoms. The van der Waals surface area contributed by atoms with Crippen molar-refractivity contribution in [3.63, 3.8) is 0 Å². The summed E-state index contributed by atoms with van der Waals surface area (Å²) in [7, 11) is 0. The van der Waals surface area contributed by atoms with Crippen molar-refractivity contribution in [2.75, 3.05) is 33.0 Å². The summed E-state index contributed by atoms with van der Waals surface area (Å²) >= 11 is 0. The molecular weight excluding hydrogens is 452 g/mol. The number of unbranched alkanes of at least 4 members (excludes halogenated alkanes) is 3. The number of benzene rings is 2. The van der Waals surface area contributed by atoms with Crippen LogP contribution in [-0.4, -0.2) is 39.0 Å². The fraction of sp³-hybridized carbons (Fsp3) is 0.387. The fourth-order valence-electron chi connectivity index (χ4n) is 3.20. The van der Waals surface area contributed by atoms with Crippen LogP contribution in [0.3, 0.4) is 0 Å². The number of carbonyl (C=O) groups is 1. The number of hydrogen-bond acceptors (Lipinski definition) is 5. The highest BCUT2D eigenvalue weighted by Gasteiger charge is 1.96. The SMILES string of the molecule is C=CC(=O)OCCCCOC/C=C/c1ccc(OCCC/C=C\CCCOc2ccc(C)cc2)cc1. The Balaban J connectivity index is 1.44. The third kappa shape index (κ3) is 14.2. The van der Waals surface area contributed by atoms with Gasteiger partial charge in [-0.1, -0.05) is 60.7 Å². The summed E-state index contributed by atoms with van der Waals surface area (Å²) < 4.78 is 22.1. The van der Waals surface area contributed by atoms with Gasteiger partial charge in [0.15, 0.2) is 0 Å². The van der Waals surface area contributed by atoms with E-state index in [9.17, 15) is 4.79 Å². The van der Waals surface area contributed by atoms with E-state index in [4.69, 9.17) is 18.9 Å². The zero-order valence-corrected chi connectivity index (χ0v) is 21.5. The van der Waals surface area contributed by atoms with Crippen LogP contribution in [0.1, 0.15) is 49.7 Å². The van der Waals surface area contributed by atoms with Gasteiger partial charge >= 0.3 is 5.97 Å². The highest BCUT2D eigenvalue weighted by molar-refractivity contribution is 5.81. The lowest BCUT2D eigenvalue weighted by Gasteiger charge is -2.06. The van der Waals surface area contributed by atoms with E-state index in [1.54, 1.807) is 0 Å². The molecule has 2 rings (SSSR count). The Morgan fingerprint density at radius 1 is 0.750 bits per heavy atom. The zero-order valence-electron chi connectivity index (χ0n) is 21.5. The maximum Gasteiger partial charge on any atom is 0.330 e. The molecule has 0 heterocycles. The average Bonchev–Trinajstić information content (AvgIpc) is 2.90. The fourth-order valence-corrected chi connectivity index (χ4v) is 3.20. The quantitative estimate of drug-likeness (QED) is 0.0905. The van der Waals surface area contributed by atoms with Crippen LogP contribution in [0.15, 0.2) is 79.4 Å². The third-order valence-electron chi connectivity index (χ3n) is 5.25. The van der Waals surface area contributed by atoms with Gasteiger partial charge < -0.3 is 18.9 Å². The first-order valence-electron chi connectivity index (χ1n) is 12.8. The molecular formula is C31H40O5. The van der Waals surface area contributed by atoms with Gasteiger partial charge in [0, 0.05) is 12.7 Å². The Morgan fingerprint density at radius 2 is 1.33 bits per heavy atom. The molecule has 0 aliphatic rings. The van der Waals surface area contributed by atoms with E-state index in [2.05, 4.69) is 37.8 Å². The molecule has 2 aromatic carbocycles. The molecule has 5 nitrogen and oxygen atoms in total. The van der Waals surface area contributed by atoms with Gasteiger partial charge in [-0.3, -0.25) is 0 Å². The van der Waals surface area contributed by atoms with Gasteiger partial charge in [0.25, 0.3) is 0 Å². The highest BCUT2D eigenvalue weighted by Crippen LogP contribution is 2.14. The zero-order chi connectivity index (χ0) is 25.7. The summed E-state index contributed by atoms with van der Waals surface area (Å²) in [6.07, 6.45) is 15.3. The van der Waals surface area contributed by atoms with Crippen LogP contribution in [0.4, 0.5) is 0 Å². The van der Waals surface area contributed by atoms with Gasteiger partial charge in [0.2, 0.25) is 0 Å². The minimum atomic E-state index is -0.380. The van der Waals surface area contributed by atoms with Crippen LogP contribution in [0, 0.1) is 6.92 Å². The van der Waals surface area contributed by atoms with E-state index in [1.807, 2.05) is 48.6 Å². The van der Waals surface area contributed by atoms with Crippen molar-refractivity contribution in [3.05, 3.63) is 90.5 Å². The van der Waals surface area contributed by atoms with Crippen molar-refractivity contribution in [2.24, 2.45) is 0 Å². The number of esters is 1. The smallest absolute Gasteiger partial charge is 0.330 e. The molecule has 194 valence electrons. The Kier molecular flexibility index (Phi) is 15.2. The number of ether oxygens (including phenoxy) is 4. The molecule has 0 spiro atoms. The second-order valence-electron chi connectivity index (χ2n) is 8.39. The first-order valence-corrected chi connectivity index (χ1v) is 12.8. The third-order valence-corrected chi connectivity index (χ3v) is 5.25. The van der Waals surface area contributed by atoms with Crippen molar-refractivity contribution in [1.82, 2.24) is 0 Å². The molecule has 0 unspecified atom stereocenters. The summed E-state index contributed by atoms with van der Waals surface area (Å²) in [5.41, 5.74) is 2.35. The molecule has 0 bridgehead atoms. The molecule has 0 aromatic heterocycles. The van der Waals surface area contributed by atoms with Gasteiger partial charge in [-0.25, -0.2) is 4.79 Å². The lowest BCUT2D eigenvalue weighted by molar-refractivity contribution is -0.137. The van der Waals surface area contributed by atoms with Gasteiger partial charge in [-0.05, 0) is 75.3 Å². The second-order valence-corrected chi connectivity index (χ2v) is 8.39. The van der Waals surface area contributed by atoms with E-state index in [0.717, 1.165) is 62.2 Å². The van der Waals surface area contributed by atoms with Crippen LogP contribution in [0.25, 0.3) is 6.08 Å². The summed E-state index contributed by atoms with van der Waals surface area (Å²) in [6.45, 7) is 8.48. The lowest BCUT2D eigenvalue weighted by Crippen LogP contribution is -2.03. The van der Waals surface area contributed by atoms with Crippen molar-refractivity contribution in [3.8, 4) is 11.5 Å². The monoisotopic (exact) mass is 492 g/mol. The van der Waals surface area contributed by atoms with E-state index in [0.29, 0.717) is 26.4 Å². The van der Waals surface area contributed by atoms with Crippen LogP contribution in [0.2, 0.25) is 0 Å². The molecule has 2 aromatic rings. The van der Waals surface area contributed by atoms with E-state index in [-0.39, 0.29) is 5.97 Å². The highest BCUT2D eigenvalue weighted by atomic mass is 16.5. The largest absolute Gasteiger partial charge is 0.494 e. The molecule has 0 radical (unpaired) electrons. The Hall–Kier alpha value is -3.31. The Labute approximate surface area is 216 Å². The first kappa shape index (κ1) is 28.9. The molecule has 0 atom stereocenters. The molecule has 0 saturated heterocycles. The van der Waals surface area contributed by atoms with Crippen molar-refractivity contribution in [1.29, 1.82) is 0 Å². The lowest BCUT2D eigenvalue weighted by atomic mass is 10.2. The Morgan fingerprint density at radius 3 is 1.94 bits per heavy atom. The number of rotatable bonds is 19. The van der Waals surface area contributed by atoms with Gasteiger partial charge in [0.05, 0.1) is 26.4 Å². The van der Waals surface area contributed by atoms with E-state index < -0.39 is 0 Å². The predicted molar refractivity (Wildman–Crippen MR) is 146 cm³/mol. The van der Waals surface area contributed by atoms with Gasteiger partial charge in [0.1, 0.15) is 11.5 Å². The number of carbonyl (C=O) groups excluding carboxylic acids is 1. The summed E-state index contributed by atoms with van der Waals surface area (Å²) in [6, 6.07) is 16.2. The normalized spacial score (nSPS) is 11.1. The van der Waals surface area contributed by atoms with Crippen molar-refractivity contribution in [2.45, 2.75) is 45.4 Å². The Bertz CT molecular complexity index is 913. The molecule has 0 aliphatic heterocycles. The minimum Gasteiger partial charge on any atom is -0.494 e. The molecule has 36 heavy (non-hydrogen) atoms. The van der Waals surface area contributed by atoms with Crippen LogP contribution >= 0.6 is 0 Å². The predicted octanol–water partition coefficient (Wildman–Crippen LogP) is 7.11. The summed E-state index contributed by atoms with van der Waals surface area (Å²) in [4.78, 5) is 10.9. The van der Waals surface area contributed by atoms with Crippen LogP contribution in [0.5, 0.6) is 11.5 Å². The minimum absolute atomic E-state index is 0.380. The maximum absolute atomic E-state index is 10.9. The molecule has 0 fully saturated rings. The van der Waals surface area contributed by atoms with E-state index >= 15 is 0 Å². The topological polar surface area (TPSA) is 54.0 Å². The maximum atomic E-state index is 10.9. The summed E-state index contributed by atoms with van der Waals surface area (Å²) in [5.74, 6) is 1.45. The molecule has 0 amide bonds. The second kappa shape index (κ2) is 18.9. The molecule has 0 saturated carbocycles. The van der Waals surface area contributed by atoms with Crippen LogP contribution < -0.4 is 9.47 Å². The number of aryl methyl sites for hydroxylation is 1. The van der Waals surface area contributed by atoms with Crippen molar-refractivity contribution < 1.29 is 23.7 Å². The standard InChI is InChI=1S/C31H40O5/c1-3-31(32)36-26-11-10-22-33-23-12-13-28-16-20-30(21-17-28)35-25-9-7-5-4-6-8-24-34-29-18-14-27(2)15-19-29/h3-5,12-21H,1,6-11,22-26H2,2H3/b5-4-,13-12+. The molecule has 0 N–H and O–H groups in total. The number of allylic oxidation sites excluding steroid dienone is 2. The number of hydrogen-bond donors (Lipinski definition) is 0. The van der Waals surface area contributed by atoms with Crippen LogP contribution in [-0.2, 0) is 14.3 Å².